The number of hydrogen-bond donors (Lipinski definition) is 2. The fraction of sp³-hybridized carbons (Fsp3) is 0.222. The van der Waals surface area contributed by atoms with Crippen LogP contribution in [0.4, 0.5) is 4.39 Å². The molecular weight excluding hydrogens is 297 g/mol. The number of ketones is 1. The van der Waals surface area contributed by atoms with Crippen molar-refractivity contribution < 1.29 is 19.1 Å². The Morgan fingerprint density at radius 3 is 2.39 bits per heavy atom. The maximum atomic E-state index is 13.2. The molecule has 0 bridgehead atoms. The molecule has 4 nitrogen and oxygen atoms in total. The lowest BCUT2D eigenvalue weighted by molar-refractivity contribution is -0.143. The van der Waals surface area contributed by atoms with E-state index in [9.17, 15) is 19.1 Å². The van der Waals surface area contributed by atoms with E-state index in [-0.39, 0.29) is 18.6 Å². The maximum Gasteiger partial charge on any atom is 0.307 e. The molecule has 0 amide bonds. The van der Waals surface area contributed by atoms with Crippen molar-refractivity contribution in [2.45, 2.75) is 18.9 Å². The van der Waals surface area contributed by atoms with Crippen molar-refractivity contribution in [2.24, 2.45) is 11.7 Å². The molecule has 0 saturated carbocycles. The summed E-state index contributed by atoms with van der Waals surface area (Å²) in [6.45, 7) is 0. The SMILES string of the molecule is N[C@H](C(=O)C[C@@H](Cc1cccc(F)c1)C(=O)O)c1ccccc1. The van der Waals surface area contributed by atoms with Crippen molar-refractivity contribution in [2.75, 3.05) is 0 Å². The second kappa shape index (κ2) is 7.65. The topological polar surface area (TPSA) is 80.4 Å². The van der Waals surface area contributed by atoms with Gasteiger partial charge < -0.3 is 10.8 Å². The molecule has 2 aromatic carbocycles. The Bertz CT molecular complexity index is 688. The Kier molecular flexibility index (Phi) is 5.60. The van der Waals surface area contributed by atoms with E-state index >= 15 is 0 Å². The Hall–Kier alpha value is -2.53. The van der Waals surface area contributed by atoms with Crippen LogP contribution in [0.1, 0.15) is 23.6 Å². The number of hydrogen-bond acceptors (Lipinski definition) is 3. The van der Waals surface area contributed by atoms with Crippen LogP contribution in [-0.2, 0) is 16.0 Å². The number of halogens is 1. The summed E-state index contributed by atoms with van der Waals surface area (Å²) >= 11 is 0. The molecule has 0 spiro atoms. The molecule has 23 heavy (non-hydrogen) atoms. The van der Waals surface area contributed by atoms with Gasteiger partial charge in [0.1, 0.15) is 5.82 Å². The van der Waals surface area contributed by atoms with Gasteiger partial charge in [-0.15, -0.1) is 0 Å². The summed E-state index contributed by atoms with van der Waals surface area (Å²) in [4.78, 5) is 23.6. The van der Waals surface area contributed by atoms with Gasteiger partial charge in [-0.25, -0.2) is 4.39 Å². The summed E-state index contributed by atoms with van der Waals surface area (Å²) in [6.07, 6.45) is -0.109. The minimum atomic E-state index is -1.09. The molecule has 5 heteroatoms. The third kappa shape index (κ3) is 4.72. The third-order valence-electron chi connectivity index (χ3n) is 3.67. The van der Waals surface area contributed by atoms with Crippen LogP contribution in [0, 0.1) is 11.7 Å². The maximum absolute atomic E-state index is 13.2. The van der Waals surface area contributed by atoms with Gasteiger partial charge in [0.25, 0.3) is 0 Å². The fourth-order valence-corrected chi connectivity index (χ4v) is 2.41. The molecule has 0 aliphatic heterocycles. The van der Waals surface area contributed by atoms with Crippen LogP contribution in [0.2, 0.25) is 0 Å². The lowest BCUT2D eigenvalue weighted by Gasteiger charge is -2.15. The van der Waals surface area contributed by atoms with Gasteiger partial charge in [0.15, 0.2) is 5.78 Å². The van der Waals surface area contributed by atoms with Gasteiger partial charge >= 0.3 is 5.97 Å². The van der Waals surface area contributed by atoms with Gasteiger partial charge in [0, 0.05) is 6.42 Å². The molecule has 0 aliphatic rings. The molecule has 2 atom stereocenters. The van der Waals surface area contributed by atoms with E-state index in [4.69, 9.17) is 5.73 Å². The average Bonchev–Trinajstić information content (AvgIpc) is 2.54. The highest BCUT2D eigenvalue weighted by Gasteiger charge is 2.25. The van der Waals surface area contributed by atoms with E-state index in [0.29, 0.717) is 11.1 Å². The molecule has 0 fully saturated rings. The minimum absolute atomic E-state index is 0.0837. The lowest BCUT2D eigenvalue weighted by atomic mass is 9.90. The molecule has 3 N–H and O–H groups in total. The summed E-state index contributed by atoms with van der Waals surface area (Å²) in [5.74, 6) is -2.80. The van der Waals surface area contributed by atoms with E-state index in [1.54, 1.807) is 30.3 Å². The highest BCUT2D eigenvalue weighted by atomic mass is 19.1. The van der Waals surface area contributed by atoms with Gasteiger partial charge in [-0.1, -0.05) is 42.5 Å². The van der Waals surface area contributed by atoms with Gasteiger partial charge in [-0.3, -0.25) is 9.59 Å². The monoisotopic (exact) mass is 315 g/mol. The molecule has 0 unspecified atom stereocenters. The average molecular weight is 315 g/mol. The summed E-state index contributed by atoms with van der Waals surface area (Å²) < 4.78 is 13.2. The molecule has 0 aliphatic carbocycles. The molecule has 2 rings (SSSR count). The first-order valence-electron chi connectivity index (χ1n) is 7.28. The predicted octanol–water partition coefficient (Wildman–Crippen LogP) is 2.73. The number of benzene rings is 2. The number of Topliss-reactive ketones (excluding diaryl/α,β-unsaturated/α-hetero) is 1. The van der Waals surface area contributed by atoms with Crippen molar-refractivity contribution in [1.29, 1.82) is 0 Å². The molecule has 2 aromatic rings. The zero-order valence-electron chi connectivity index (χ0n) is 12.5. The fourth-order valence-electron chi connectivity index (χ4n) is 2.41. The van der Waals surface area contributed by atoms with E-state index in [2.05, 4.69) is 0 Å². The van der Waals surface area contributed by atoms with Gasteiger partial charge in [0.2, 0.25) is 0 Å². The molecule has 0 aromatic heterocycles. The van der Waals surface area contributed by atoms with Gasteiger partial charge in [-0.05, 0) is 29.7 Å². The summed E-state index contributed by atoms with van der Waals surface area (Å²) in [5, 5.41) is 9.32. The number of carboxylic acids is 1. The molecule has 0 radical (unpaired) electrons. The Labute approximate surface area is 133 Å². The predicted molar refractivity (Wildman–Crippen MR) is 84.2 cm³/mol. The van der Waals surface area contributed by atoms with Crippen LogP contribution in [0.15, 0.2) is 54.6 Å². The van der Waals surface area contributed by atoms with Crippen LogP contribution in [0.25, 0.3) is 0 Å². The van der Waals surface area contributed by atoms with Crippen LogP contribution in [0.3, 0.4) is 0 Å². The van der Waals surface area contributed by atoms with Crippen molar-refractivity contribution in [3.05, 3.63) is 71.5 Å². The van der Waals surface area contributed by atoms with Gasteiger partial charge in [-0.2, -0.15) is 0 Å². The first kappa shape index (κ1) is 16.8. The highest BCUT2D eigenvalue weighted by molar-refractivity contribution is 5.88. The Morgan fingerprint density at radius 2 is 1.78 bits per heavy atom. The van der Waals surface area contributed by atoms with E-state index in [0.717, 1.165) is 0 Å². The smallest absolute Gasteiger partial charge is 0.307 e. The third-order valence-corrected chi connectivity index (χ3v) is 3.67. The minimum Gasteiger partial charge on any atom is -0.481 e. The number of carboxylic acid groups (broad SMARTS) is 1. The molecule has 120 valence electrons. The second-order valence-electron chi connectivity index (χ2n) is 5.43. The quantitative estimate of drug-likeness (QED) is 0.823. The van der Waals surface area contributed by atoms with Crippen molar-refractivity contribution in [3.8, 4) is 0 Å². The zero-order valence-corrected chi connectivity index (χ0v) is 12.5. The number of aliphatic carboxylic acids is 1. The summed E-state index contributed by atoms with van der Waals surface area (Å²) in [5.41, 5.74) is 7.09. The Balaban J connectivity index is 2.07. The molecule has 0 saturated heterocycles. The number of rotatable bonds is 7. The first-order valence-corrected chi connectivity index (χ1v) is 7.28. The number of carbonyl (C=O) groups excluding carboxylic acids is 1. The van der Waals surface area contributed by atoms with Gasteiger partial charge in [0.05, 0.1) is 12.0 Å². The van der Waals surface area contributed by atoms with Crippen LogP contribution >= 0.6 is 0 Å². The Morgan fingerprint density at radius 1 is 1.09 bits per heavy atom. The molecule has 0 heterocycles. The first-order chi connectivity index (χ1) is 11.0. The normalized spacial score (nSPS) is 13.3. The highest BCUT2D eigenvalue weighted by Crippen LogP contribution is 2.19. The summed E-state index contributed by atoms with van der Waals surface area (Å²) in [6, 6.07) is 13.7. The molecular formula is C18H18FNO3. The van der Waals surface area contributed by atoms with Crippen LogP contribution < -0.4 is 5.73 Å². The number of nitrogens with two attached hydrogens (primary N) is 1. The van der Waals surface area contributed by atoms with Crippen LogP contribution in [0.5, 0.6) is 0 Å². The standard InChI is InChI=1S/C18H18FNO3/c19-15-8-4-5-12(10-15)9-14(18(22)23)11-16(21)17(20)13-6-2-1-3-7-13/h1-8,10,14,17H,9,11,20H2,(H,22,23)/t14-,17+/m1/s1. The number of carbonyl (C=O) groups is 2. The summed E-state index contributed by atoms with van der Waals surface area (Å²) in [7, 11) is 0. The van der Waals surface area contributed by atoms with Crippen molar-refractivity contribution >= 4 is 11.8 Å². The van der Waals surface area contributed by atoms with E-state index in [1.165, 1.54) is 18.2 Å². The van der Waals surface area contributed by atoms with E-state index in [1.807, 2.05) is 6.07 Å². The zero-order chi connectivity index (χ0) is 16.8. The van der Waals surface area contributed by atoms with Crippen molar-refractivity contribution in [1.82, 2.24) is 0 Å². The second-order valence-corrected chi connectivity index (χ2v) is 5.43. The largest absolute Gasteiger partial charge is 0.481 e. The van der Waals surface area contributed by atoms with Crippen molar-refractivity contribution in [3.63, 3.8) is 0 Å². The van der Waals surface area contributed by atoms with Crippen LogP contribution in [-0.4, -0.2) is 16.9 Å². The van der Waals surface area contributed by atoms with E-state index < -0.39 is 23.7 Å². The lowest BCUT2D eigenvalue weighted by Crippen LogP contribution is -2.27.